The summed E-state index contributed by atoms with van der Waals surface area (Å²) in [6.45, 7) is 2.38. The van der Waals surface area contributed by atoms with Gasteiger partial charge >= 0.3 is 0 Å². The number of methoxy groups -OCH3 is 1. The highest BCUT2D eigenvalue weighted by atomic mass is 16.5. The molecule has 0 aliphatic rings. The number of ether oxygens (including phenoxy) is 1. The van der Waals surface area contributed by atoms with Gasteiger partial charge in [0.15, 0.2) is 0 Å². The average Bonchev–Trinajstić information content (AvgIpc) is 2.67. The highest BCUT2D eigenvalue weighted by molar-refractivity contribution is 6.06. The molecule has 0 spiro atoms. The highest BCUT2D eigenvalue weighted by Gasteiger charge is 2.20. The van der Waals surface area contributed by atoms with E-state index in [1.807, 2.05) is 61.5 Å². The van der Waals surface area contributed by atoms with Crippen LogP contribution < -0.4 is 9.64 Å². The Labute approximate surface area is 147 Å². The van der Waals surface area contributed by atoms with Crippen molar-refractivity contribution in [3.8, 4) is 5.75 Å². The van der Waals surface area contributed by atoms with Crippen molar-refractivity contribution >= 4 is 11.6 Å². The summed E-state index contributed by atoms with van der Waals surface area (Å²) in [5.74, 6) is 0.659. The molecule has 2 aromatic carbocycles. The first-order chi connectivity index (χ1) is 12.2. The van der Waals surface area contributed by atoms with Crippen LogP contribution in [0.3, 0.4) is 0 Å². The lowest BCUT2D eigenvalue weighted by molar-refractivity contribution is 0.0984. The van der Waals surface area contributed by atoms with E-state index in [-0.39, 0.29) is 5.91 Å². The van der Waals surface area contributed by atoms with Gasteiger partial charge in [-0.1, -0.05) is 36.4 Å². The second kappa shape index (κ2) is 7.62. The lowest BCUT2D eigenvalue weighted by atomic mass is 10.1. The van der Waals surface area contributed by atoms with Crippen molar-refractivity contribution in [3.63, 3.8) is 0 Å². The number of benzene rings is 2. The number of carbonyl (C=O) groups is 1. The molecule has 3 aromatic rings. The van der Waals surface area contributed by atoms with Crippen molar-refractivity contribution in [1.82, 2.24) is 4.98 Å². The minimum Gasteiger partial charge on any atom is -0.497 e. The van der Waals surface area contributed by atoms with E-state index in [1.54, 1.807) is 30.5 Å². The van der Waals surface area contributed by atoms with Gasteiger partial charge in [-0.2, -0.15) is 0 Å². The van der Waals surface area contributed by atoms with E-state index in [2.05, 4.69) is 4.98 Å². The number of aryl methyl sites for hydroxylation is 1. The van der Waals surface area contributed by atoms with Gasteiger partial charge in [0.25, 0.3) is 5.91 Å². The van der Waals surface area contributed by atoms with E-state index in [4.69, 9.17) is 4.74 Å². The molecule has 1 heterocycles. The van der Waals surface area contributed by atoms with Gasteiger partial charge in [0, 0.05) is 29.7 Å². The van der Waals surface area contributed by atoms with Gasteiger partial charge in [0.1, 0.15) is 5.75 Å². The smallest absolute Gasteiger partial charge is 0.258 e. The molecule has 0 unspecified atom stereocenters. The quantitative estimate of drug-likeness (QED) is 0.701. The van der Waals surface area contributed by atoms with Gasteiger partial charge in [0.2, 0.25) is 0 Å². The maximum atomic E-state index is 13.2. The summed E-state index contributed by atoms with van der Waals surface area (Å²) >= 11 is 0. The third-order valence-corrected chi connectivity index (χ3v) is 4.04. The maximum Gasteiger partial charge on any atom is 0.258 e. The fraction of sp³-hybridized carbons (Fsp3) is 0.143. The summed E-state index contributed by atoms with van der Waals surface area (Å²) in [5.41, 5.74) is 3.36. The fourth-order valence-electron chi connectivity index (χ4n) is 2.68. The molecule has 0 bridgehead atoms. The molecule has 0 aliphatic heterocycles. The van der Waals surface area contributed by atoms with Gasteiger partial charge in [0.05, 0.1) is 13.7 Å². The van der Waals surface area contributed by atoms with Gasteiger partial charge in [-0.25, -0.2) is 0 Å². The van der Waals surface area contributed by atoms with E-state index in [0.717, 1.165) is 22.6 Å². The Kier molecular flexibility index (Phi) is 5.09. The lowest BCUT2D eigenvalue weighted by Crippen LogP contribution is -2.31. The molecule has 0 saturated carbocycles. The van der Waals surface area contributed by atoms with Crippen molar-refractivity contribution in [2.45, 2.75) is 13.5 Å². The maximum absolute atomic E-state index is 13.2. The van der Waals surface area contributed by atoms with Crippen molar-refractivity contribution in [2.75, 3.05) is 12.0 Å². The molecule has 0 N–H and O–H groups in total. The average molecular weight is 332 g/mol. The molecule has 0 radical (unpaired) electrons. The largest absolute Gasteiger partial charge is 0.497 e. The van der Waals surface area contributed by atoms with Gasteiger partial charge in [-0.3, -0.25) is 9.78 Å². The Morgan fingerprint density at radius 1 is 1.08 bits per heavy atom. The Morgan fingerprint density at radius 2 is 1.88 bits per heavy atom. The Hall–Kier alpha value is -3.14. The molecule has 4 heteroatoms. The number of nitrogens with zero attached hydrogens (tertiary/aromatic N) is 2. The van der Waals surface area contributed by atoms with Crippen LogP contribution >= 0.6 is 0 Å². The second-order valence-electron chi connectivity index (χ2n) is 5.77. The van der Waals surface area contributed by atoms with Crippen LogP contribution in [0.25, 0.3) is 0 Å². The molecular weight excluding hydrogens is 312 g/mol. The van der Waals surface area contributed by atoms with E-state index >= 15 is 0 Å². The van der Waals surface area contributed by atoms with Crippen LogP contribution in [0.15, 0.2) is 73.1 Å². The number of rotatable bonds is 5. The molecule has 1 amide bonds. The molecule has 1 aromatic heterocycles. The van der Waals surface area contributed by atoms with E-state index in [0.29, 0.717) is 12.1 Å². The normalized spacial score (nSPS) is 10.3. The Bertz CT molecular complexity index is 863. The lowest BCUT2D eigenvalue weighted by Gasteiger charge is -2.24. The van der Waals surface area contributed by atoms with E-state index < -0.39 is 0 Å². The van der Waals surface area contributed by atoms with Crippen LogP contribution in [-0.2, 0) is 6.54 Å². The van der Waals surface area contributed by atoms with Crippen LogP contribution in [0.1, 0.15) is 21.5 Å². The van der Waals surface area contributed by atoms with Crippen LogP contribution in [-0.4, -0.2) is 18.0 Å². The zero-order valence-electron chi connectivity index (χ0n) is 14.3. The molecule has 0 aliphatic carbocycles. The summed E-state index contributed by atoms with van der Waals surface area (Å²) in [5, 5.41) is 0. The molecular formula is C21H20N2O2. The molecule has 126 valence electrons. The minimum absolute atomic E-state index is 0.0583. The SMILES string of the molecule is COc1cccc(N(Cc2ccccc2)C(=O)c2ccncc2C)c1. The molecule has 25 heavy (non-hydrogen) atoms. The molecule has 4 nitrogen and oxygen atoms in total. The van der Waals surface area contributed by atoms with Crippen molar-refractivity contribution in [3.05, 3.63) is 89.7 Å². The number of amides is 1. The molecule has 0 fully saturated rings. The van der Waals surface area contributed by atoms with Gasteiger partial charge < -0.3 is 9.64 Å². The first-order valence-electron chi connectivity index (χ1n) is 8.09. The summed E-state index contributed by atoms with van der Waals surface area (Å²) in [4.78, 5) is 19.1. The van der Waals surface area contributed by atoms with E-state index in [9.17, 15) is 4.79 Å². The summed E-state index contributed by atoms with van der Waals surface area (Å²) in [7, 11) is 1.62. The predicted molar refractivity (Wildman–Crippen MR) is 98.9 cm³/mol. The van der Waals surface area contributed by atoms with Crippen molar-refractivity contribution < 1.29 is 9.53 Å². The summed E-state index contributed by atoms with van der Waals surface area (Å²) in [6, 6.07) is 19.2. The number of anilines is 1. The van der Waals surface area contributed by atoms with Gasteiger partial charge in [-0.15, -0.1) is 0 Å². The zero-order chi connectivity index (χ0) is 17.6. The van der Waals surface area contributed by atoms with Crippen LogP contribution in [0, 0.1) is 6.92 Å². The van der Waals surface area contributed by atoms with Crippen molar-refractivity contribution in [1.29, 1.82) is 0 Å². The van der Waals surface area contributed by atoms with Crippen LogP contribution in [0.5, 0.6) is 5.75 Å². The third-order valence-electron chi connectivity index (χ3n) is 4.04. The number of hydrogen-bond acceptors (Lipinski definition) is 3. The summed E-state index contributed by atoms with van der Waals surface area (Å²) in [6.07, 6.45) is 3.35. The third kappa shape index (κ3) is 3.86. The number of pyridine rings is 1. The van der Waals surface area contributed by atoms with E-state index in [1.165, 1.54) is 0 Å². The predicted octanol–water partition coefficient (Wildman–Crippen LogP) is 4.25. The van der Waals surface area contributed by atoms with Crippen LogP contribution in [0.2, 0.25) is 0 Å². The van der Waals surface area contributed by atoms with Gasteiger partial charge in [-0.05, 0) is 36.2 Å². The number of hydrogen-bond donors (Lipinski definition) is 0. The highest BCUT2D eigenvalue weighted by Crippen LogP contribution is 2.25. The zero-order valence-corrected chi connectivity index (χ0v) is 14.3. The Balaban J connectivity index is 2.02. The van der Waals surface area contributed by atoms with Crippen LogP contribution in [0.4, 0.5) is 5.69 Å². The second-order valence-corrected chi connectivity index (χ2v) is 5.77. The first kappa shape index (κ1) is 16.7. The number of carbonyl (C=O) groups excluding carboxylic acids is 1. The number of aromatic nitrogens is 1. The topological polar surface area (TPSA) is 42.4 Å². The Morgan fingerprint density at radius 3 is 2.60 bits per heavy atom. The monoisotopic (exact) mass is 332 g/mol. The summed E-state index contributed by atoms with van der Waals surface area (Å²) < 4.78 is 5.32. The van der Waals surface area contributed by atoms with Crippen molar-refractivity contribution in [2.24, 2.45) is 0 Å². The first-order valence-corrected chi connectivity index (χ1v) is 8.09. The molecule has 3 rings (SSSR count). The fourth-order valence-corrected chi connectivity index (χ4v) is 2.68. The minimum atomic E-state index is -0.0583. The molecule has 0 saturated heterocycles. The molecule has 0 atom stereocenters. The standard InChI is InChI=1S/C21H20N2O2/c1-16-14-22-12-11-20(16)21(24)23(15-17-7-4-3-5-8-17)18-9-6-10-19(13-18)25-2/h3-14H,15H2,1-2H3.